The van der Waals surface area contributed by atoms with Crippen LogP contribution in [0.4, 0.5) is 0 Å². The van der Waals surface area contributed by atoms with Gasteiger partial charge in [0.25, 0.3) is 0 Å². The third kappa shape index (κ3) is 5.45. The molecule has 1 amide bonds. The second-order valence-corrected chi connectivity index (χ2v) is 7.55. The molecule has 1 N–H and O–H groups in total. The fourth-order valence-electron chi connectivity index (χ4n) is 2.16. The Kier molecular flexibility index (Phi) is 6.71. The number of hydrogen-bond donors (Lipinski definition) is 1. The molecule has 0 saturated carbocycles. The van der Waals surface area contributed by atoms with Gasteiger partial charge in [-0.05, 0) is 79.4 Å². The summed E-state index contributed by atoms with van der Waals surface area (Å²) in [5.41, 5.74) is 4.18. The number of hydrogen-bond acceptors (Lipinski definition) is 4. The highest BCUT2D eigenvalue weighted by atomic mass is 79.9. The van der Waals surface area contributed by atoms with Gasteiger partial charge in [0, 0.05) is 5.02 Å². The topological polar surface area (TPSA) is 63.8 Å². The minimum atomic E-state index is -0.419. The summed E-state index contributed by atoms with van der Waals surface area (Å²) in [5.74, 6) is 0.444. The Morgan fingerprint density at radius 3 is 2.52 bits per heavy atom. The van der Waals surface area contributed by atoms with E-state index in [0.717, 1.165) is 20.1 Å². The van der Waals surface area contributed by atoms with Gasteiger partial charge < -0.3 is 9.15 Å². The van der Waals surface area contributed by atoms with Crippen LogP contribution < -0.4 is 10.2 Å². The van der Waals surface area contributed by atoms with Crippen molar-refractivity contribution >= 4 is 55.6 Å². The van der Waals surface area contributed by atoms with Crippen LogP contribution in [0.3, 0.4) is 0 Å². The Labute approximate surface area is 177 Å². The first-order chi connectivity index (χ1) is 13.0. The van der Waals surface area contributed by atoms with Gasteiger partial charge in [0.1, 0.15) is 12.4 Å². The summed E-state index contributed by atoms with van der Waals surface area (Å²) in [6, 6.07) is 14.3. The zero-order chi connectivity index (χ0) is 19.2. The molecular formula is C19H13Br2ClN2O3. The lowest BCUT2D eigenvalue weighted by molar-refractivity contribution is 0.0927. The number of ether oxygens (including phenoxy) is 1. The zero-order valence-electron chi connectivity index (χ0n) is 13.8. The van der Waals surface area contributed by atoms with Gasteiger partial charge in [-0.2, -0.15) is 5.10 Å². The Balaban J connectivity index is 1.64. The van der Waals surface area contributed by atoms with E-state index in [2.05, 4.69) is 42.4 Å². The minimum absolute atomic E-state index is 0.195. The zero-order valence-corrected chi connectivity index (χ0v) is 17.7. The third-order valence-corrected chi connectivity index (χ3v) is 4.87. The van der Waals surface area contributed by atoms with Gasteiger partial charge in [-0.3, -0.25) is 4.79 Å². The van der Waals surface area contributed by atoms with Crippen LogP contribution in [0.15, 0.2) is 73.3 Å². The number of rotatable bonds is 6. The average Bonchev–Trinajstić information content (AvgIpc) is 3.17. The summed E-state index contributed by atoms with van der Waals surface area (Å²) in [7, 11) is 0. The van der Waals surface area contributed by atoms with E-state index in [0.29, 0.717) is 17.4 Å². The second-order valence-electron chi connectivity index (χ2n) is 5.41. The molecule has 0 unspecified atom stereocenters. The van der Waals surface area contributed by atoms with E-state index in [4.69, 9.17) is 20.8 Å². The maximum absolute atomic E-state index is 11.8. The van der Waals surface area contributed by atoms with E-state index in [9.17, 15) is 4.79 Å². The van der Waals surface area contributed by atoms with Gasteiger partial charge in [-0.25, -0.2) is 5.43 Å². The van der Waals surface area contributed by atoms with E-state index in [1.165, 1.54) is 12.5 Å². The van der Waals surface area contributed by atoms with Crippen LogP contribution in [0.1, 0.15) is 21.7 Å². The SMILES string of the molecule is O=C(N/N=C\c1cc(Br)c(OCc2ccc(Cl)cc2)c(Br)c1)c1ccco1. The first-order valence-corrected chi connectivity index (χ1v) is 9.72. The summed E-state index contributed by atoms with van der Waals surface area (Å²) < 4.78 is 12.4. The lowest BCUT2D eigenvalue weighted by Gasteiger charge is -2.11. The van der Waals surface area contributed by atoms with Gasteiger partial charge in [-0.1, -0.05) is 23.7 Å². The van der Waals surface area contributed by atoms with Crippen LogP contribution in [0.5, 0.6) is 5.75 Å². The quantitative estimate of drug-likeness (QED) is 0.335. The Morgan fingerprint density at radius 1 is 1.19 bits per heavy atom. The van der Waals surface area contributed by atoms with Crippen molar-refractivity contribution in [2.24, 2.45) is 5.10 Å². The minimum Gasteiger partial charge on any atom is -0.487 e. The molecule has 0 aliphatic heterocycles. The van der Waals surface area contributed by atoms with Crippen LogP contribution >= 0.6 is 43.5 Å². The van der Waals surface area contributed by atoms with Crippen molar-refractivity contribution in [2.75, 3.05) is 0 Å². The van der Waals surface area contributed by atoms with E-state index < -0.39 is 5.91 Å². The summed E-state index contributed by atoms with van der Waals surface area (Å²) >= 11 is 12.9. The Bertz CT molecular complexity index is 935. The fraction of sp³-hybridized carbons (Fsp3) is 0.0526. The van der Waals surface area contributed by atoms with Gasteiger partial charge in [-0.15, -0.1) is 0 Å². The third-order valence-electron chi connectivity index (χ3n) is 3.44. The lowest BCUT2D eigenvalue weighted by Crippen LogP contribution is -2.16. The number of carbonyl (C=O) groups excluding carboxylic acids is 1. The summed E-state index contributed by atoms with van der Waals surface area (Å²) in [6.07, 6.45) is 2.95. The van der Waals surface area contributed by atoms with Gasteiger partial charge in [0.2, 0.25) is 0 Å². The molecule has 0 aliphatic carbocycles. The molecule has 0 radical (unpaired) electrons. The predicted molar refractivity (Wildman–Crippen MR) is 111 cm³/mol. The molecule has 0 aliphatic rings. The number of nitrogens with one attached hydrogen (secondary N) is 1. The first kappa shape index (κ1) is 19.7. The molecule has 0 bridgehead atoms. The van der Waals surface area contributed by atoms with Crippen LogP contribution in [0.25, 0.3) is 0 Å². The number of carbonyl (C=O) groups is 1. The Morgan fingerprint density at radius 2 is 1.89 bits per heavy atom. The number of furan rings is 1. The number of halogens is 3. The molecule has 3 rings (SSSR count). The molecule has 1 aromatic heterocycles. The number of hydrazone groups is 1. The van der Waals surface area contributed by atoms with E-state index in [-0.39, 0.29) is 5.76 Å². The molecule has 0 spiro atoms. The average molecular weight is 513 g/mol. The van der Waals surface area contributed by atoms with E-state index in [1.807, 2.05) is 36.4 Å². The largest absolute Gasteiger partial charge is 0.487 e. The first-order valence-electron chi connectivity index (χ1n) is 7.76. The highest BCUT2D eigenvalue weighted by Crippen LogP contribution is 2.35. The van der Waals surface area contributed by atoms with Gasteiger partial charge >= 0.3 is 5.91 Å². The molecule has 2 aromatic carbocycles. The second kappa shape index (κ2) is 9.21. The molecule has 27 heavy (non-hydrogen) atoms. The standard InChI is InChI=1S/C19H13Br2ClN2O3/c20-15-8-13(10-23-24-19(25)17-2-1-7-26-17)9-16(21)18(15)27-11-12-3-5-14(22)6-4-12/h1-10H,11H2,(H,24,25)/b23-10-. The van der Waals surface area contributed by atoms with Crippen LogP contribution in [-0.4, -0.2) is 12.1 Å². The number of nitrogens with zero attached hydrogens (tertiary/aromatic N) is 1. The molecule has 0 atom stereocenters. The van der Waals surface area contributed by atoms with Crippen molar-refractivity contribution in [3.8, 4) is 5.75 Å². The van der Waals surface area contributed by atoms with Crippen molar-refractivity contribution in [3.05, 3.63) is 85.6 Å². The number of benzene rings is 2. The summed E-state index contributed by atoms with van der Waals surface area (Å²) in [5, 5.41) is 4.62. The fourth-order valence-corrected chi connectivity index (χ4v) is 3.73. The highest BCUT2D eigenvalue weighted by Gasteiger charge is 2.10. The maximum Gasteiger partial charge on any atom is 0.307 e. The van der Waals surface area contributed by atoms with Crippen molar-refractivity contribution in [1.29, 1.82) is 0 Å². The summed E-state index contributed by atoms with van der Waals surface area (Å²) in [4.78, 5) is 11.8. The molecule has 1 heterocycles. The van der Waals surface area contributed by atoms with Crippen molar-refractivity contribution in [3.63, 3.8) is 0 Å². The van der Waals surface area contributed by atoms with Crippen molar-refractivity contribution < 1.29 is 13.9 Å². The van der Waals surface area contributed by atoms with Crippen molar-refractivity contribution in [2.45, 2.75) is 6.61 Å². The smallest absolute Gasteiger partial charge is 0.307 e. The molecule has 8 heteroatoms. The number of amides is 1. The highest BCUT2D eigenvalue weighted by molar-refractivity contribution is 9.11. The molecule has 3 aromatic rings. The lowest BCUT2D eigenvalue weighted by atomic mass is 10.2. The van der Waals surface area contributed by atoms with Crippen LogP contribution in [0, 0.1) is 0 Å². The molecule has 0 fully saturated rings. The van der Waals surface area contributed by atoms with Gasteiger partial charge in [0.05, 0.1) is 21.4 Å². The van der Waals surface area contributed by atoms with Crippen molar-refractivity contribution in [1.82, 2.24) is 5.43 Å². The summed E-state index contributed by atoms with van der Waals surface area (Å²) in [6.45, 7) is 0.404. The molecule has 138 valence electrons. The van der Waals surface area contributed by atoms with Crippen LogP contribution in [-0.2, 0) is 6.61 Å². The molecule has 5 nitrogen and oxygen atoms in total. The predicted octanol–water partition coefficient (Wildman–Crippen LogP) is 5.80. The Hall–Kier alpha value is -2.09. The van der Waals surface area contributed by atoms with Crippen LogP contribution in [0.2, 0.25) is 5.02 Å². The maximum atomic E-state index is 11.8. The molecule has 0 saturated heterocycles. The molecular weight excluding hydrogens is 499 g/mol. The van der Waals surface area contributed by atoms with E-state index >= 15 is 0 Å². The normalized spacial score (nSPS) is 10.9. The van der Waals surface area contributed by atoms with E-state index in [1.54, 1.807) is 12.1 Å². The monoisotopic (exact) mass is 510 g/mol. The van der Waals surface area contributed by atoms with Gasteiger partial charge in [0.15, 0.2) is 5.76 Å².